The molecule has 5 heterocycles. The standard InChI is InChI=1S/C25H24F2N6O3/c1-15-13-32(14-28-15)19-10-8-16(29-24(19)34-2)9-11-21-30-23-18(6-4-12-33(23)31-21)17-5-3-7-20-22(17)36-25(26,27)35-20/h3,5,7-11,13-14,18,20,22H,4,6,12H2,1-2H3/b11-9+/t18-,20?,22?/m1/s1. The van der Waals surface area contributed by atoms with Gasteiger partial charge >= 0.3 is 6.29 Å². The number of nitrogens with zero attached hydrogens (tertiary/aromatic N) is 6. The molecule has 0 saturated carbocycles. The van der Waals surface area contributed by atoms with E-state index in [1.807, 2.05) is 46.7 Å². The summed E-state index contributed by atoms with van der Waals surface area (Å²) in [4.78, 5) is 13.6. The lowest BCUT2D eigenvalue weighted by molar-refractivity contribution is -0.348. The van der Waals surface area contributed by atoms with Crippen LogP contribution in [0.4, 0.5) is 8.78 Å². The first kappa shape index (κ1) is 22.7. The van der Waals surface area contributed by atoms with Gasteiger partial charge in [0.05, 0.1) is 24.8 Å². The number of methoxy groups -OCH3 is 1. The van der Waals surface area contributed by atoms with E-state index in [0.29, 0.717) is 23.9 Å². The minimum absolute atomic E-state index is 0.181. The molecule has 186 valence electrons. The molecule has 3 aromatic rings. The number of fused-ring (bicyclic) bond motifs is 2. The number of ether oxygens (including phenoxy) is 3. The van der Waals surface area contributed by atoms with Gasteiger partial charge in [-0.3, -0.25) is 9.47 Å². The van der Waals surface area contributed by atoms with E-state index in [0.717, 1.165) is 35.6 Å². The van der Waals surface area contributed by atoms with Crippen LogP contribution in [-0.2, 0) is 16.0 Å². The zero-order valence-electron chi connectivity index (χ0n) is 19.7. The average molecular weight is 495 g/mol. The fraction of sp³-hybridized carbons (Fsp3) is 0.360. The first-order valence-electron chi connectivity index (χ1n) is 11.7. The van der Waals surface area contributed by atoms with Crippen molar-refractivity contribution in [3.63, 3.8) is 0 Å². The van der Waals surface area contributed by atoms with E-state index in [9.17, 15) is 8.78 Å². The molecule has 0 spiro atoms. The van der Waals surface area contributed by atoms with Gasteiger partial charge in [-0.05, 0) is 49.6 Å². The molecule has 1 fully saturated rings. The Bertz CT molecular complexity index is 1390. The van der Waals surface area contributed by atoms with E-state index >= 15 is 0 Å². The van der Waals surface area contributed by atoms with Gasteiger partial charge in [-0.15, -0.1) is 8.78 Å². The summed E-state index contributed by atoms with van der Waals surface area (Å²) >= 11 is 0. The van der Waals surface area contributed by atoms with E-state index in [1.54, 1.807) is 31.7 Å². The van der Waals surface area contributed by atoms with E-state index in [4.69, 9.17) is 19.2 Å². The third-order valence-corrected chi connectivity index (χ3v) is 6.50. The third-order valence-electron chi connectivity index (χ3n) is 6.50. The van der Waals surface area contributed by atoms with Crippen molar-refractivity contribution >= 4 is 12.2 Å². The quantitative estimate of drug-likeness (QED) is 0.529. The van der Waals surface area contributed by atoms with Crippen LogP contribution in [0.15, 0.2) is 48.5 Å². The number of aryl methyl sites for hydroxylation is 2. The van der Waals surface area contributed by atoms with Crippen LogP contribution in [-0.4, -0.2) is 54.9 Å². The largest absolute Gasteiger partial charge is 0.486 e. The van der Waals surface area contributed by atoms with Crippen molar-refractivity contribution < 1.29 is 23.0 Å². The molecule has 36 heavy (non-hydrogen) atoms. The monoisotopic (exact) mass is 494 g/mol. The van der Waals surface area contributed by atoms with Gasteiger partial charge in [0.1, 0.15) is 23.7 Å². The minimum atomic E-state index is -3.60. The van der Waals surface area contributed by atoms with E-state index < -0.39 is 18.5 Å². The van der Waals surface area contributed by atoms with Crippen molar-refractivity contribution in [2.24, 2.45) is 0 Å². The lowest BCUT2D eigenvalue weighted by Gasteiger charge is -2.29. The lowest BCUT2D eigenvalue weighted by atomic mass is 9.83. The molecule has 6 rings (SSSR count). The Morgan fingerprint density at radius 3 is 2.89 bits per heavy atom. The highest BCUT2D eigenvalue weighted by molar-refractivity contribution is 5.65. The molecule has 3 aliphatic rings. The Morgan fingerprint density at radius 2 is 2.08 bits per heavy atom. The van der Waals surface area contributed by atoms with Gasteiger partial charge in [-0.1, -0.05) is 18.2 Å². The Balaban J connectivity index is 1.25. The van der Waals surface area contributed by atoms with Crippen molar-refractivity contribution in [3.05, 3.63) is 71.5 Å². The number of rotatable bonds is 5. The van der Waals surface area contributed by atoms with Crippen LogP contribution < -0.4 is 4.74 Å². The fourth-order valence-electron chi connectivity index (χ4n) is 4.90. The summed E-state index contributed by atoms with van der Waals surface area (Å²) in [5.74, 6) is 1.54. The van der Waals surface area contributed by atoms with Gasteiger partial charge in [-0.2, -0.15) is 5.10 Å². The van der Waals surface area contributed by atoms with Gasteiger partial charge < -0.3 is 9.30 Å². The summed E-state index contributed by atoms with van der Waals surface area (Å²) in [6.45, 7) is 2.63. The molecule has 0 radical (unpaired) electrons. The Hall–Kier alpha value is -3.70. The first-order valence-corrected chi connectivity index (χ1v) is 11.7. The van der Waals surface area contributed by atoms with E-state index in [2.05, 4.69) is 15.1 Å². The molecule has 1 aliphatic carbocycles. The maximum Gasteiger partial charge on any atom is 0.486 e. The molecular weight excluding hydrogens is 470 g/mol. The van der Waals surface area contributed by atoms with E-state index in [-0.39, 0.29) is 5.92 Å². The maximum atomic E-state index is 13.8. The highest BCUT2D eigenvalue weighted by atomic mass is 19.3. The molecule has 0 N–H and O–H groups in total. The van der Waals surface area contributed by atoms with Crippen LogP contribution >= 0.6 is 0 Å². The number of hydrogen-bond donors (Lipinski definition) is 0. The number of hydrogen-bond acceptors (Lipinski definition) is 7. The molecular formula is C25H24F2N6O3. The predicted molar refractivity (Wildman–Crippen MR) is 125 cm³/mol. The SMILES string of the molecule is COc1nc(/C=C/c2nc3n(n2)CCC[C@@H]3C2=CC=CC3OC(F)(F)OC23)ccc1-n1cnc(C)c1. The Labute approximate surface area is 205 Å². The van der Waals surface area contributed by atoms with Crippen molar-refractivity contribution in [2.45, 2.75) is 50.7 Å². The van der Waals surface area contributed by atoms with Crippen molar-refractivity contribution in [1.29, 1.82) is 0 Å². The summed E-state index contributed by atoms with van der Waals surface area (Å²) < 4.78 is 46.4. The van der Waals surface area contributed by atoms with Crippen LogP contribution in [0.2, 0.25) is 0 Å². The zero-order valence-corrected chi connectivity index (χ0v) is 19.7. The number of imidazole rings is 1. The predicted octanol–water partition coefficient (Wildman–Crippen LogP) is 4.05. The van der Waals surface area contributed by atoms with Crippen molar-refractivity contribution in [1.82, 2.24) is 29.3 Å². The summed E-state index contributed by atoms with van der Waals surface area (Å²) in [6, 6.07) is 3.78. The molecule has 9 nitrogen and oxygen atoms in total. The number of aromatic nitrogens is 6. The average Bonchev–Trinajstić information content (AvgIpc) is 3.57. The molecule has 0 bridgehead atoms. The Morgan fingerprint density at radius 1 is 1.19 bits per heavy atom. The molecule has 2 unspecified atom stereocenters. The summed E-state index contributed by atoms with van der Waals surface area (Å²) in [5.41, 5.74) is 3.09. The number of alkyl halides is 2. The van der Waals surface area contributed by atoms with Gasteiger partial charge in [0.15, 0.2) is 5.82 Å². The second-order valence-electron chi connectivity index (χ2n) is 8.90. The highest BCUT2D eigenvalue weighted by Crippen LogP contribution is 2.44. The fourth-order valence-corrected chi connectivity index (χ4v) is 4.90. The van der Waals surface area contributed by atoms with Gasteiger partial charge in [0.25, 0.3) is 0 Å². The van der Waals surface area contributed by atoms with E-state index in [1.165, 1.54) is 0 Å². The Kier molecular flexibility index (Phi) is 5.53. The van der Waals surface area contributed by atoms with Crippen LogP contribution in [0, 0.1) is 6.92 Å². The molecule has 0 amide bonds. The molecule has 3 aromatic heterocycles. The molecule has 2 aliphatic heterocycles. The van der Waals surface area contributed by atoms with Crippen molar-refractivity contribution in [3.8, 4) is 11.6 Å². The second kappa shape index (κ2) is 8.75. The third kappa shape index (κ3) is 4.14. The van der Waals surface area contributed by atoms with Gasteiger partial charge in [0, 0.05) is 18.7 Å². The zero-order chi connectivity index (χ0) is 24.9. The topological polar surface area (TPSA) is 89.1 Å². The maximum absolute atomic E-state index is 13.8. The van der Waals surface area contributed by atoms with Crippen LogP contribution in [0.5, 0.6) is 5.88 Å². The second-order valence-corrected chi connectivity index (χ2v) is 8.90. The molecule has 1 saturated heterocycles. The molecule has 0 aromatic carbocycles. The first-order chi connectivity index (χ1) is 17.4. The van der Waals surface area contributed by atoms with Crippen molar-refractivity contribution in [2.75, 3.05) is 7.11 Å². The number of allylic oxidation sites excluding steroid dienone is 2. The summed E-state index contributed by atoms with van der Waals surface area (Å²) in [6.07, 6.45) is 8.75. The van der Waals surface area contributed by atoms with Gasteiger partial charge in [0.2, 0.25) is 5.88 Å². The highest BCUT2D eigenvalue weighted by Gasteiger charge is 2.52. The molecule has 3 atom stereocenters. The lowest BCUT2D eigenvalue weighted by Crippen LogP contribution is -2.31. The normalized spacial score (nSPS) is 24.6. The summed E-state index contributed by atoms with van der Waals surface area (Å²) in [7, 11) is 1.57. The smallest absolute Gasteiger partial charge is 0.479 e. The van der Waals surface area contributed by atoms with Crippen LogP contribution in [0.1, 0.15) is 41.8 Å². The minimum Gasteiger partial charge on any atom is -0.479 e. The summed E-state index contributed by atoms with van der Waals surface area (Å²) in [5, 5.41) is 4.62. The number of pyridine rings is 1. The van der Waals surface area contributed by atoms with Crippen LogP contribution in [0.3, 0.4) is 0 Å². The molecule has 11 heteroatoms. The number of halogens is 2. The van der Waals surface area contributed by atoms with Gasteiger partial charge in [-0.25, -0.2) is 19.6 Å². The van der Waals surface area contributed by atoms with Crippen LogP contribution in [0.25, 0.3) is 17.8 Å².